The van der Waals surface area contributed by atoms with E-state index in [0.717, 1.165) is 32.4 Å². The van der Waals surface area contributed by atoms with Gasteiger partial charge in [0, 0.05) is 25.6 Å². The van der Waals surface area contributed by atoms with E-state index in [2.05, 4.69) is 10.2 Å². The van der Waals surface area contributed by atoms with Crippen LogP contribution in [-0.4, -0.2) is 48.6 Å². The topological polar surface area (TPSA) is 71.8 Å². The van der Waals surface area contributed by atoms with E-state index in [0.29, 0.717) is 17.9 Å². The molecule has 2 aliphatic heterocycles. The van der Waals surface area contributed by atoms with Crippen LogP contribution in [0.3, 0.4) is 0 Å². The average molecular weight is 292 g/mol. The Morgan fingerprint density at radius 1 is 1.33 bits per heavy atom. The standard InChI is InChI=1S/C15H20N2O4/c1-10-12(4-8-20-10)14(18)16-11-2-6-17(7-3-11)13-5-9-21-15(13)19/h4,8,11,13H,2-3,5-7,9H2,1H3,(H,16,18). The summed E-state index contributed by atoms with van der Waals surface area (Å²) >= 11 is 0. The molecule has 1 amide bonds. The van der Waals surface area contributed by atoms with Crippen molar-refractivity contribution in [2.75, 3.05) is 19.7 Å². The van der Waals surface area contributed by atoms with Gasteiger partial charge in [0.05, 0.1) is 18.4 Å². The Balaban J connectivity index is 1.51. The Hall–Kier alpha value is -1.82. The van der Waals surface area contributed by atoms with Gasteiger partial charge in [-0.3, -0.25) is 14.5 Å². The largest absolute Gasteiger partial charge is 0.469 e. The van der Waals surface area contributed by atoms with Crippen LogP contribution in [0.1, 0.15) is 35.4 Å². The van der Waals surface area contributed by atoms with Gasteiger partial charge in [0.2, 0.25) is 0 Å². The van der Waals surface area contributed by atoms with E-state index in [1.807, 2.05) is 0 Å². The van der Waals surface area contributed by atoms with Crippen LogP contribution in [0, 0.1) is 6.92 Å². The van der Waals surface area contributed by atoms with Gasteiger partial charge in [-0.1, -0.05) is 0 Å². The third-order valence-corrected chi connectivity index (χ3v) is 4.32. The Kier molecular flexibility index (Phi) is 3.96. The first kappa shape index (κ1) is 14.1. The van der Waals surface area contributed by atoms with Gasteiger partial charge in [-0.05, 0) is 25.8 Å². The molecule has 0 spiro atoms. The predicted octanol–water partition coefficient (Wildman–Crippen LogP) is 1.10. The van der Waals surface area contributed by atoms with E-state index in [1.54, 1.807) is 13.0 Å². The first-order chi connectivity index (χ1) is 10.1. The van der Waals surface area contributed by atoms with Crippen LogP contribution >= 0.6 is 0 Å². The van der Waals surface area contributed by atoms with Crippen molar-refractivity contribution in [2.24, 2.45) is 0 Å². The van der Waals surface area contributed by atoms with Crippen molar-refractivity contribution in [3.8, 4) is 0 Å². The molecule has 2 fully saturated rings. The van der Waals surface area contributed by atoms with Crippen LogP contribution in [-0.2, 0) is 9.53 Å². The van der Waals surface area contributed by atoms with Gasteiger partial charge in [-0.25, -0.2) is 0 Å². The van der Waals surface area contributed by atoms with E-state index in [1.165, 1.54) is 6.26 Å². The Morgan fingerprint density at radius 3 is 2.67 bits per heavy atom. The zero-order valence-corrected chi connectivity index (χ0v) is 12.1. The Morgan fingerprint density at radius 2 is 2.10 bits per heavy atom. The molecule has 6 nitrogen and oxygen atoms in total. The number of furan rings is 1. The minimum Gasteiger partial charge on any atom is -0.469 e. The maximum absolute atomic E-state index is 12.1. The van der Waals surface area contributed by atoms with Crippen molar-refractivity contribution in [1.82, 2.24) is 10.2 Å². The fourth-order valence-corrected chi connectivity index (χ4v) is 3.06. The molecule has 114 valence electrons. The predicted molar refractivity (Wildman–Crippen MR) is 74.9 cm³/mol. The van der Waals surface area contributed by atoms with Crippen molar-refractivity contribution in [3.63, 3.8) is 0 Å². The van der Waals surface area contributed by atoms with Gasteiger partial charge >= 0.3 is 5.97 Å². The monoisotopic (exact) mass is 292 g/mol. The second kappa shape index (κ2) is 5.89. The first-order valence-electron chi connectivity index (χ1n) is 7.41. The number of hydrogen-bond acceptors (Lipinski definition) is 5. The summed E-state index contributed by atoms with van der Waals surface area (Å²) < 4.78 is 10.2. The van der Waals surface area contributed by atoms with E-state index in [4.69, 9.17) is 9.15 Å². The normalized spacial score (nSPS) is 24.0. The molecule has 1 aromatic rings. The van der Waals surface area contributed by atoms with Gasteiger partial charge in [-0.15, -0.1) is 0 Å². The van der Waals surface area contributed by atoms with E-state index < -0.39 is 0 Å². The summed E-state index contributed by atoms with van der Waals surface area (Å²) in [5.74, 6) is 0.449. The molecule has 0 bridgehead atoms. The van der Waals surface area contributed by atoms with Crippen LogP contribution < -0.4 is 5.32 Å². The second-order valence-electron chi connectivity index (χ2n) is 5.65. The smallest absolute Gasteiger partial charge is 0.323 e. The summed E-state index contributed by atoms with van der Waals surface area (Å²) in [6.45, 7) is 3.94. The number of carbonyl (C=O) groups excluding carboxylic acids is 2. The minimum atomic E-state index is -0.105. The van der Waals surface area contributed by atoms with Crippen molar-refractivity contribution in [3.05, 3.63) is 23.7 Å². The van der Waals surface area contributed by atoms with Crippen LogP contribution in [0.5, 0.6) is 0 Å². The number of esters is 1. The zero-order chi connectivity index (χ0) is 14.8. The number of ether oxygens (including phenoxy) is 1. The summed E-state index contributed by atoms with van der Waals surface area (Å²) in [5, 5.41) is 3.04. The number of rotatable bonds is 3. The van der Waals surface area contributed by atoms with Crippen molar-refractivity contribution >= 4 is 11.9 Å². The Labute approximate surface area is 123 Å². The van der Waals surface area contributed by atoms with Crippen LogP contribution in [0.4, 0.5) is 0 Å². The number of aryl methyl sites for hydroxylation is 1. The number of carbonyl (C=O) groups is 2. The molecule has 1 atom stereocenters. The summed E-state index contributed by atoms with van der Waals surface area (Å²) in [6, 6.07) is 1.76. The summed E-state index contributed by atoms with van der Waals surface area (Å²) in [7, 11) is 0. The van der Waals surface area contributed by atoms with Gasteiger partial charge in [0.1, 0.15) is 11.8 Å². The lowest BCUT2D eigenvalue weighted by atomic mass is 10.0. The number of piperidine rings is 1. The van der Waals surface area contributed by atoms with Crippen LogP contribution in [0.25, 0.3) is 0 Å². The molecular formula is C15H20N2O4. The molecule has 3 rings (SSSR count). The summed E-state index contributed by atoms with van der Waals surface area (Å²) in [4.78, 5) is 25.9. The van der Waals surface area contributed by atoms with E-state index in [-0.39, 0.29) is 24.0 Å². The van der Waals surface area contributed by atoms with Crippen molar-refractivity contribution in [1.29, 1.82) is 0 Å². The van der Waals surface area contributed by atoms with E-state index in [9.17, 15) is 9.59 Å². The molecule has 3 heterocycles. The lowest BCUT2D eigenvalue weighted by Crippen LogP contribution is -2.49. The molecule has 21 heavy (non-hydrogen) atoms. The quantitative estimate of drug-likeness (QED) is 0.845. The third-order valence-electron chi connectivity index (χ3n) is 4.32. The molecule has 1 aromatic heterocycles. The molecule has 2 aliphatic rings. The van der Waals surface area contributed by atoms with Crippen molar-refractivity contribution < 1.29 is 18.7 Å². The SMILES string of the molecule is Cc1occc1C(=O)NC1CCN(C2CCOC2=O)CC1. The lowest BCUT2D eigenvalue weighted by molar-refractivity contribution is -0.142. The van der Waals surface area contributed by atoms with Crippen LogP contribution in [0.15, 0.2) is 16.7 Å². The fraction of sp³-hybridized carbons (Fsp3) is 0.600. The number of likely N-dealkylation sites (tertiary alicyclic amines) is 1. The zero-order valence-electron chi connectivity index (χ0n) is 12.1. The van der Waals surface area contributed by atoms with E-state index >= 15 is 0 Å². The molecule has 1 N–H and O–H groups in total. The lowest BCUT2D eigenvalue weighted by Gasteiger charge is -2.34. The van der Waals surface area contributed by atoms with Gasteiger partial charge in [-0.2, -0.15) is 0 Å². The number of nitrogens with one attached hydrogen (secondary N) is 1. The maximum Gasteiger partial charge on any atom is 0.323 e. The van der Waals surface area contributed by atoms with Gasteiger partial charge < -0.3 is 14.5 Å². The highest BCUT2D eigenvalue weighted by molar-refractivity contribution is 5.95. The molecule has 0 saturated carbocycles. The molecule has 0 aromatic carbocycles. The summed E-state index contributed by atoms with van der Waals surface area (Å²) in [5.41, 5.74) is 0.594. The second-order valence-corrected chi connectivity index (χ2v) is 5.65. The highest BCUT2D eigenvalue weighted by Crippen LogP contribution is 2.20. The minimum absolute atomic E-state index is 0.0834. The molecule has 6 heteroatoms. The molecule has 2 saturated heterocycles. The Bertz CT molecular complexity index is 532. The summed E-state index contributed by atoms with van der Waals surface area (Å²) in [6.07, 6.45) is 4.02. The highest BCUT2D eigenvalue weighted by Gasteiger charge is 2.34. The molecule has 0 radical (unpaired) electrons. The van der Waals surface area contributed by atoms with Gasteiger partial charge in [0.25, 0.3) is 5.91 Å². The third kappa shape index (κ3) is 2.95. The first-order valence-corrected chi connectivity index (χ1v) is 7.41. The maximum atomic E-state index is 12.1. The van der Waals surface area contributed by atoms with Crippen LogP contribution in [0.2, 0.25) is 0 Å². The fourth-order valence-electron chi connectivity index (χ4n) is 3.06. The number of cyclic esters (lactones) is 1. The van der Waals surface area contributed by atoms with Gasteiger partial charge in [0.15, 0.2) is 0 Å². The average Bonchev–Trinajstić information content (AvgIpc) is 3.08. The number of nitrogens with zero attached hydrogens (tertiary/aromatic N) is 1. The molecule has 0 aliphatic carbocycles. The highest BCUT2D eigenvalue weighted by atomic mass is 16.5. The molecular weight excluding hydrogens is 272 g/mol. The number of amides is 1. The number of hydrogen-bond donors (Lipinski definition) is 1. The van der Waals surface area contributed by atoms with Crippen molar-refractivity contribution in [2.45, 2.75) is 38.3 Å². The molecule has 1 unspecified atom stereocenters.